The number of aryl methyl sites for hydroxylation is 2. The number of anilines is 1. The zero-order valence-corrected chi connectivity index (χ0v) is 18.2. The largest absolute Gasteiger partial charge is 0.383 e. The van der Waals surface area contributed by atoms with Gasteiger partial charge in [-0.2, -0.15) is 17.0 Å². The van der Waals surface area contributed by atoms with E-state index in [0.717, 1.165) is 28.9 Å². The van der Waals surface area contributed by atoms with E-state index < -0.39 is 10.2 Å². The molecular weight excluding hydrogens is 396 g/mol. The van der Waals surface area contributed by atoms with Gasteiger partial charge in [0.05, 0.1) is 11.9 Å². The lowest BCUT2D eigenvalue weighted by Crippen LogP contribution is -2.51. The molecule has 154 valence electrons. The molecule has 1 fully saturated rings. The molecule has 3 heterocycles. The second kappa shape index (κ2) is 7.83. The van der Waals surface area contributed by atoms with Crippen LogP contribution >= 0.6 is 11.3 Å². The molecular formula is C18H28N6O2S2. The molecule has 2 aliphatic rings. The second-order valence-corrected chi connectivity index (χ2v) is 11.0. The van der Waals surface area contributed by atoms with Crippen molar-refractivity contribution in [3.63, 3.8) is 0 Å². The maximum Gasteiger partial charge on any atom is 0.281 e. The third kappa shape index (κ3) is 3.76. The minimum absolute atomic E-state index is 0.478. The van der Waals surface area contributed by atoms with Crippen molar-refractivity contribution < 1.29 is 8.42 Å². The standard InChI is InChI=1S/C18H28N6O2S2/c1-22(2)28(25,26)24-10-8-23(9-11-24)12-15-20-17(19)16-13-6-4-3-5-7-14(13)27-18(16)21-15/h3-12H2,1-2H3,(H2,19,20,21). The van der Waals surface area contributed by atoms with Crippen molar-refractivity contribution in [1.82, 2.24) is 23.5 Å². The van der Waals surface area contributed by atoms with Crippen LogP contribution in [-0.4, -0.2) is 72.2 Å². The molecule has 4 rings (SSSR count). The number of nitrogen functional groups attached to an aromatic ring is 1. The van der Waals surface area contributed by atoms with E-state index in [1.807, 2.05) is 0 Å². The number of fused-ring (bicyclic) bond motifs is 3. The van der Waals surface area contributed by atoms with E-state index in [1.54, 1.807) is 25.4 Å². The predicted molar refractivity (Wildman–Crippen MR) is 113 cm³/mol. The molecule has 28 heavy (non-hydrogen) atoms. The molecule has 1 aliphatic carbocycles. The molecule has 1 saturated heterocycles. The summed E-state index contributed by atoms with van der Waals surface area (Å²) in [6.07, 6.45) is 5.91. The van der Waals surface area contributed by atoms with Gasteiger partial charge >= 0.3 is 0 Å². The van der Waals surface area contributed by atoms with Gasteiger partial charge in [-0.05, 0) is 31.2 Å². The Labute approximate surface area is 170 Å². The van der Waals surface area contributed by atoms with Crippen LogP contribution in [0.3, 0.4) is 0 Å². The topological polar surface area (TPSA) is 95.7 Å². The molecule has 0 radical (unpaired) electrons. The number of hydrogen-bond donors (Lipinski definition) is 1. The molecule has 0 saturated carbocycles. The summed E-state index contributed by atoms with van der Waals surface area (Å²) < 4.78 is 27.3. The van der Waals surface area contributed by atoms with Gasteiger partial charge in [0.2, 0.25) is 0 Å². The van der Waals surface area contributed by atoms with E-state index in [0.29, 0.717) is 38.5 Å². The van der Waals surface area contributed by atoms with Gasteiger partial charge < -0.3 is 5.73 Å². The number of aromatic nitrogens is 2. The molecule has 2 aromatic heterocycles. The Morgan fingerprint density at radius 2 is 1.79 bits per heavy atom. The van der Waals surface area contributed by atoms with E-state index in [-0.39, 0.29) is 0 Å². The van der Waals surface area contributed by atoms with Crippen molar-refractivity contribution in [1.29, 1.82) is 0 Å². The van der Waals surface area contributed by atoms with Crippen LogP contribution in [0.15, 0.2) is 0 Å². The van der Waals surface area contributed by atoms with Crippen LogP contribution in [-0.2, 0) is 29.6 Å². The van der Waals surface area contributed by atoms with Crippen molar-refractivity contribution in [2.45, 2.75) is 38.6 Å². The van der Waals surface area contributed by atoms with Crippen molar-refractivity contribution >= 4 is 37.6 Å². The van der Waals surface area contributed by atoms with Crippen LogP contribution in [0.1, 0.15) is 35.5 Å². The average molecular weight is 425 g/mol. The third-order valence-corrected chi connectivity index (χ3v) is 8.75. The van der Waals surface area contributed by atoms with E-state index in [4.69, 9.17) is 10.7 Å². The second-order valence-electron chi connectivity index (χ2n) is 7.74. The lowest BCUT2D eigenvalue weighted by Gasteiger charge is -2.34. The normalized spacial score (nSPS) is 19.8. The number of hydrogen-bond acceptors (Lipinski definition) is 7. The summed E-state index contributed by atoms with van der Waals surface area (Å²) in [4.78, 5) is 14.0. The first-order valence-electron chi connectivity index (χ1n) is 9.83. The fourth-order valence-corrected chi connectivity index (χ4v) is 6.40. The van der Waals surface area contributed by atoms with Crippen LogP contribution in [0.2, 0.25) is 0 Å². The molecule has 1 aliphatic heterocycles. The monoisotopic (exact) mass is 424 g/mol. The summed E-state index contributed by atoms with van der Waals surface area (Å²) in [5, 5.41) is 1.06. The first-order valence-corrected chi connectivity index (χ1v) is 12.0. The number of piperazine rings is 1. The van der Waals surface area contributed by atoms with E-state index in [1.165, 1.54) is 38.3 Å². The van der Waals surface area contributed by atoms with Crippen LogP contribution in [0.4, 0.5) is 5.82 Å². The molecule has 0 aromatic carbocycles. The van der Waals surface area contributed by atoms with Gasteiger partial charge in [-0.25, -0.2) is 9.97 Å². The first-order chi connectivity index (χ1) is 13.4. The Morgan fingerprint density at radius 1 is 1.07 bits per heavy atom. The molecule has 0 spiro atoms. The van der Waals surface area contributed by atoms with Crippen LogP contribution in [0.5, 0.6) is 0 Å². The van der Waals surface area contributed by atoms with Gasteiger partial charge in [0.15, 0.2) is 0 Å². The Morgan fingerprint density at radius 3 is 2.50 bits per heavy atom. The molecule has 10 heteroatoms. The number of thiophene rings is 1. The SMILES string of the molecule is CN(C)S(=O)(=O)N1CCN(Cc2nc(N)c3c4c(sc3n2)CCCCC4)CC1. The summed E-state index contributed by atoms with van der Waals surface area (Å²) in [7, 11) is -0.215. The zero-order chi connectivity index (χ0) is 19.9. The predicted octanol–water partition coefficient (Wildman–Crippen LogP) is 1.47. The Balaban J connectivity index is 1.49. The van der Waals surface area contributed by atoms with E-state index in [9.17, 15) is 8.42 Å². The number of nitrogens with two attached hydrogens (primary N) is 1. The highest BCUT2D eigenvalue weighted by molar-refractivity contribution is 7.86. The van der Waals surface area contributed by atoms with Gasteiger partial charge in [-0.15, -0.1) is 11.3 Å². The van der Waals surface area contributed by atoms with Crippen LogP contribution in [0, 0.1) is 0 Å². The van der Waals surface area contributed by atoms with Gasteiger partial charge in [0.25, 0.3) is 10.2 Å². The smallest absolute Gasteiger partial charge is 0.281 e. The summed E-state index contributed by atoms with van der Waals surface area (Å²) in [6.45, 7) is 2.88. The highest BCUT2D eigenvalue weighted by Gasteiger charge is 2.29. The molecule has 0 bridgehead atoms. The Hall–Kier alpha value is -1.33. The molecule has 0 unspecified atom stereocenters. The van der Waals surface area contributed by atoms with Gasteiger partial charge in [0, 0.05) is 45.2 Å². The molecule has 0 atom stereocenters. The Kier molecular flexibility index (Phi) is 5.58. The molecule has 2 N–H and O–H groups in total. The lowest BCUT2D eigenvalue weighted by molar-refractivity contribution is 0.174. The molecule has 8 nitrogen and oxygen atoms in total. The fourth-order valence-electron chi connectivity index (χ4n) is 4.03. The van der Waals surface area contributed by atoms with Crippen molar-refractivity contribution in [2.75, 3.05) is 46.0 Å². The quantitative estimate of drug-likeness (QED) is 0.747. The van der Waals surface area contributed by atoms with Crippen molar-refractivity contribution in [3.05, 3.63) is 16.3 Å². The van der Waals surface area contributed by atoms with Gasteiger partial charge in [-0.3, -0.25) is 4.90 Å². The summed E-state index contributed by atoms with van der Waals surface area (Å²) in [6, 6.07) is 0. The van der Waals surface area contributed by atoms with Gasteiger partial charge in [0.1, 0.15) is 16.5 Å². The third-order valence-electron chi connectivity index (χ3n) is 5.62. The van der Waals surface area contributed by atoms with E-state index in [2.05, 4.69) is 9.88 Å². The highest BCUT2D eigenvalue weighted by atomic mass is 32.2. The highest BCUT2D eigenvalue weighted by Crippen LogP contribution is 2.37. The maximum absolute atomic E-state index is 12.3. The van der Waals surface area contributed by atoms with Crippen molar-refractivity contribution in [3.8, 4) is 0 Å². The maximum atomic E-state index is 12.3. The van der Waals surface area contributed by atoms with Crippen LogP contribution < -0.4 is 5.73 Å². The van der Waals surface area contributed by atoms with Crippen molar-refractivity contribution in [2.24, 2.45) is 0 Å². The summed E-state index contributed by atoms with van der Waals surface area (Å²) >= 11 is 1.77. The number of nitrogens with zero attached hydrogens (tertiary/aromatic N) is 5. The summed E-state index contributed by atoms with van der Waals surface area (Å²) in [5.41, 5.74) is 7.70. The lowest BCUT2D eigenvalue weighted by atomic mass is 10.1. The van der Waals surface area contributed by atoms with E-state index >= 15 is 0 Å². The van der Waals surface area contributed by atoms with Crippen LogP contribution in [0.25, 0.3) is 10.2 Å². The summed E-state index contributed by atoms with van der Waals surface area (Å²) in [5.74, 6) is 1.32. The average Bonchev–Trinajstić information content (AvgIpc) is 2.84. The minimum atomic E-state index is -3.35. The minimum Gasteiger partial charge on any atom is -0.383 e. The van der Waals surface area contributed by atoms with Gasteiger partial charge in [-0.1, -0.05) is 6.42 Å². The molecule has 2 aromatic rings. The first kappa shape index (κ1) is 20.0. The molecule has 0 amide bonds. The Bertz CT molecular complexity index is 964. The fraction of sp³-hybridized carbons (Fsp3) is 0.667. The zero-order valence-electron chi connectivity index (χ0n) is 16.5. The number of rotatable bonds is 4.